The molecule has 1 aliphatic rings. The van der Waals surface area contributed by atoms with Crippen molar-refractivity contribution in [3.8, 4) is 0 Å². The minimum Gasteiger partial charge on any atom is -0.369 e. The summed E-state index contributed by atoms with van der Waals surface area (Å²) in [5.74, 6) is -0.114. The third kappa shape index (κ3) is 7.45. The van der Waals surface area contributed by atoms with Gasteiger partial charge in [-0.25, -0.2) is 0 Å². The number of primary amides is 2. The van der Waals surface area contributed by atoms with Crippen molar-refractivity contribution in [3.05, 3.63) is 0 Å². The third-order valence-corrected chi connectivity index (χ3v) is 3.93. The van der Waals surface area contributed by atoms with Crippen LogP contribution in [0.5, 0.6) is 0 Å². The van der Waals surface area contributed by atoms with Crippen LogP contribution in [0.4, 0.5) is 0 Å². The van der Waals surface area contributed by atoms with Gasteiger partial charge in [0.05, 0.1) is 6.17 Å². The van der Waals surface area contributed by atoms with Crippen molar-refractivity contribution in [2.24, 2.45) is 40.7 Å². The molecule has 1 atom stereocenters. The van der Waals surface area contributed by atoms with Gasteiger partial charge in [0.1, 0.15) is 0 Å². The molecular weight excluding hydrogens is 256 g/mol. The maximum Gasteiger partial charge on any atom is 0.220 e. The van der Waals surface area contributed by atoms with Gasteiger partial charge in [-0.15, -0.1) is 0 Å². The summed E-state index contributed by atoms with van der Waals surface area (Å²) in [6, 6.07) is 0. The van der Waals surface area contributed by atoms with Crippen LogP contribution in [-0.4, -0.2) is 18.0 Å². The highest BCUT2D eigenvalue weighted by molar-refractivity contribution is 5.79. The Bertz CT molecular complexity index is 278. The summed E-state index contributed by atoms with van der Waals surface area (Å²) in [5, 5.41) is 0. The van der Waals surface area contributed by atoms with E-state index in [1.54, 1.807) is 0 Å². The van der Waals surface area contributed by atoms with Crippen LogP contribution in [-0.2, 0) is 9.59 Å². The van der Waals surface area contributed by atoms with E-state index in [0.29, 0.717) is 31.6 Å². The largest absolute Gasteiger partial charge is 0.369 e. The number of rotatable bonds is 5. The van der Waals surface area contributed by atoms with Gasteiger partial charge in [0.2, 0.25) is 11.8 Å². The quantitative estimate of drug-likeness (QED) is 0.544. The molecule has 20 heavy (non-hydrogen) atoms. The second kappa shape index (κ2) is 9.72. The molecule has 118 valence electrons. The minimum absolute atomic E-state index is 0.0411. The molecule has 1 unspecified atom stereocenters. The van der Waals surface area contributed by atoms with Gasteiger partial charge in [-0.05, 0) is 38.0 Å². The molecule has 0 bridgehead atoms. The van der Waals surface area contributed by atoms with Crippen molar-refractivity contribution >= 4 is 11.8 Å². The van der Waals surface area contributed by atoms with E-state index in [-0.39, 0.29) is 29.8 Å². The number of hydrogen-bond acceptors (Lipinski definition) is 4. The normalized spacial score (nSPS) is 23.6. The van der Waals surface area contributed by atoms with Crippen LogP contribution in [0.2, 0.25) is 0 Å². The maximum absolute atomic E-state index is 10.7. The number of amides is 2. The van der Waals surface area contributed by atoms with Gasteiger partial charge in [0, 0.05) is 11.8 Å². The summed E-state index contributed by atoms with van der Waals surface area (Å²) >= 11 is 0. The molecule has 2 amide bonds. The topological polar surface area (TPSA) is 138 Å². The lowest BCUT2D eigenvalue weighted by atomic mass is 9.81. The van der Waals surface area contributed by atoms with E-state index in [1.165, 1.54) is 6.42 Å². The van der Waals surface area contributed by atoms with Crippen LogP contribution >= 0.6 is 0 Å². The molecule has 0 radical (unpaired) electrons. The average Bonchev–Trinajstić information content (AvgIpc) is 2.39. The molecule has 0 saturated heterocycles. The van der Waals surface area contributed by atoms with Crippen molar-refractivity contribution in [1.29, 1.82) is 0 Å². The van der Waals surface area contributed by atoms with E-state index >= 15 is 0 Å². The van der Waals surface area contributed by atoms with E-state index < -0.39 is 0 Å². The zero-order valence-corrected chi connectivity index (χ0v) is 12.7. The first-order valence-electron chi connectivity index (χ1n) is 7.39. The van der Waals surface area contributed by atoms with Crippen molar-refractivity contribution in [1.82, 2.24) is 0 Å². The van der Waals surface area contributed by atoms with Gasteiger partial charge in [-0.3, -0.25) is 9.59 Å². The Hall–Kier alpha value is -1.14. The summed E-state index contributed by atoms with van der Waals surface area (Å²) in [5.41, 5.74) is 21.1. The Labute approximate surface area is 121 Å². The van der Waals surface area contributed by atoms with Gasteiger partial charge >= 0.3 is 0 Å². The van der Waals surface area contributed by atoms with Crippen LogP contribution in [0.15, 0.2) is 0 Å². The summed E-state index contributed by atoms with van der Waals surface area (Å²) < 4.78 is 0. The molecule has 6 heteroatoms. The monoisotopic (exact) mass is 286 g/mol. The van der Waals surface area contributed by atoms with E-state index in [1.807, 2.05) is 0 Å². The average molecular weight is 286 g/mol. The summed E-state index contributed by atoms with van der Waals surface area (Å²) in [7, 11) is 0. The van der Waals surface area contributed by atoms with Crippen molar-refractivity contribution in [2.45, 2.75) is 58.5 Å². The predicted octanol–water partition coefficient (Wildman–Crippen LogP) is 0.430. The van der Waals surface area contributed by atoms with Crippen LogP contribution in [0.1, 0.15) is 52.4 Å². The zero-order valence-electron chi connectivity index (χ0n) is 12.7. The molecular formula is C14H30N4O2. The fraction of sp³-hybridized carbons (Fsp3) is 0.857. The predicted molar refractivity (Wildman–Crippen MR) is 80.1 cm³/mol. The number of carbonyl (C=O) groups excluding carboxylic acids is 2. The fourth-order valence-corrected chi connectivity index (χ4v) is 2.31. The molecule has 1 saturated carbocycles. The number of hydrogen-bond donors (Lipinski definition) is 4. The van der Waals surface area contributed by atoms with Crippen LogP contribution in [0.25, 0.3) is 0 Å². The second-order valence-corrected chi connectivity index (χ2v) is 5.70. The van der Waals surface area contributed by atoms with Crippen LogP contribution < -0.4 is 22.9 Å². The molecule has 0 spiro atoms. The van der Waals surface area contributed by atoms with E-state index in [4.69, 9.17) is 22.9 Å². The first-order chi connectivity index (χ1) is 9.29. The Balaban J connectivity index is 0.000000396. The molecule has 0 aliphatic heterocycles. The highest BCUT2D eigenvalue weighted by atomic mass is 16.1. The molecule has 0 aromatic carbocycles. The Morgan fingerprint density at radius 1 is 1.00 bits per heavy atom. The smallest absolute Gasteiger partial charge is 0.220 e. The van der Waals surface area contributed by atoms with Gasteiger partial charge in [0.25, 0.3) is 0 Å². The van der Waals surface area contributed by atoms with E-state index in [0.717, 1.165) is 6.42 Å². The zero-order chi connectivity index (χ0) is 15.7. The highest BCUT2D eigenvalue weighted by Gasteiger charge is 2.27. The first kappa shape index (κ1) is 18.9. The summed E-state index contributed by atoms with van der Waals surface area (Å²) in [6.07, 6.45) is 5.02. The molecule has 1 rings (SSSR count). The fourth-order valence-electron chi connectivity index (χ4n) is 2.31. The SMILES string of the molecule is CCCC(C)C(N)N.NC(=O)C1CCC(C(N)=O)CC1. The van der Waals surface area contributed by atoms with Gasteiger partial charge in [-0.1, -0.05) is 20.3 Å². The Morgan fingerprint density at radius 3 is 1.50 bits per heavy atom. The Kier molecular flexibility index (Phi) is 9.16. The summed E-state index contributed by atoms with van der Waals surface area (Å²) in [6.45, 7) is 4.22. The lowest BCUT2D eigenvalue weighted by Gasteiger charge is -2.23. The van der Waals surface area contributed by atoms with Crippen LogP contribution in [0, 0.1) is 17.8 Å². The first-order valence-corrected chi connectivity index (χ1v) is 7.39. The second-order valence-electron chi connectivity index (χ2n) is 5.70. The van der Waals surface area contributed by atoms with Crippen molar-refractivity contribution < 1.29 is 9.59 Å². The lowest BCUT2D eigenvalue weighted by molar-refractivity contribution is -0.127. The van der Waals surface area contributed by atoms with E-state index in [2.05, 4.69) is 13.8 Å². The molecule has 0 aromatic heterocycles. The van der Waals surface area contributed by atoms with Gasteiger partial charge in [0.15, 0.2) is 0 Å². The van der Waals surface area contributed by atoms with Crippen molar-refractivity contribution in [3.63, 3.8) is 0 Å². The number of nitrogens with two attached hydrogens (primary N) is 4. The van der Waals surface area contributed by atoms with Gasteiger partial charge in [-0.2, -0.15) is 0 Å². The number of carbonyl (C=O) groups is 2. The lowest BCUT2D eigenvalue weighted by Crippen LogP contribution is -2.37. The Morgan fingerprint density at radius 2 is 1.35 bits per heavy atom. The summed E-state index contributed by atoms with van der Waals surface area (Å²) in [4.78, 5) is 21.5. The third-order valence-electron chi connectivity index (χ3n) is 3.93. The van der Waals surface area contributed by atoms with Crippen molar-refractivity contribution in [2.75, 3.05) is 0 Å². The molecule has 1 aliphatic carbocycles. The molecule has 0 aromatic rings. The molecule has 8 N–H and O–H groups in total. The van der Waals surface area contributed by atoms with E-state index in [9.17, 15) is 9.59 Å². The molecule has 6 nitrogen and oxygen atoms in total. The minimum atomic E-state index is -0.252. The van der Waals surface area contributed by atoms with Gasteiger partial charge < -0.3 is 22.9 Å². The standard InChI is InChI=1S/C8H14N2O2.C6H16N2/c9-7(11)5-1-2-6(4-3-5)8(10)12;1-3-4-5(2)6(7)8/h5-6H,1-4H2,(H2,9,11)(H2,10,12);5-6H,3-4,7-8H2,1-2H3. The maximum atomic E-state index is 10.7. The van der Waals surface area contributed by atoms with Crippen LogP contribution in [0.3, 0.4) is 0 Å². The highest BCUT2D eigenvalue weighted by Crippen LogP contribution is 2.27. The molecule has 1 fully saturated rings. The molecule has 0 heterocycles.